The summed E-state index contributed by atoms with van der Waals surface area (Å²) >= 11 is 12.0. The first-order valence-electron chi connectivity index (χ1n) is 6.69. The summed E-state index contributed by atoms with van der Waals surface area (Å²) in [4.78, 5) is 4.63. The number of hydrogen-bond donors (Lipinski definition) is 1. The van der Waals surface area contributed by atoms with E-state index < -0.39 is 0 Å². The van der Waals surface area contributed by atoms with E-state index in [9.17, 15) is 0 Å². The van der Waals surface area contributed by atoms with E-state index in [1.165, 1.54) is 0 Å². The monoisotopic (exact) mass is 316 g/mol. The molecule has 106 valence electrons. The molecule has 0 radical (unpaired) electrons. The molecule has 0 saturated carbocycles. The topological polar surface area (TPSA) is 38.9 Å². The first kappa shape index (κ1) is 14.3. The molecule has 0 aliphatic heterocycles. The summed E-state index contributed by atoms with van der Waals surface area (Å²) in [5.74, 6) is 0. The van der Waals surface area contributed by atoms with Crippen molar-refractivity contribution in [2.45, 2.75) is 12.5 Å². The molecule has 0 spiro atoms. The molecule has 1 aromatic heterocycles. The van der Waals surface area contributed by atoms with E-state index in [4.69, 9.17) is 28.9 Å². The molecular formula is C17H14Cl2N2. The van der Waals surface area contributed by atoms with Crippen LogP contribution >= 0.6 is 23.2 Å². The number of fused-ring (bicyclic) bond motifs is 1. The summed E-state index contributed by atoms with van der Waals surface area (Å²) in [6.07, 6.45) is 0.669. The molecule has 1 unspecified atom stereocenters. The molecular weight excluding hydrogens is 303 g/mol. The highest BCUT2D eigenvalue weighted by Crippen LogP contribution is 2.25. The third kappa shape index (κ3) is 3.18. The fraction of sp³-hybridized carbons (Fsp3) is 0.118. The maximum absolute atomic E-state index is 6.27. The maximum atomic E-state index is 6.27. The van der Waals surface area contributed by atoms with Crippen molar-refractivity contribution in [2.24, 2.45) is 5.73 Å². The van der Waals surface area contributed by atoms with Gasteiger partial charge in [-0.15, -0.1) is 0 Å². The Labute approximate surface area is 133 Å². The lowest BCUT2D eigenvalue weighted by Gasteiger charge is -2.12. The second-order valence-corrected chi connectivity index (χ2v) is 5.80. The minimum absolute atomic E-state index is 0.174. The molecule has 0 bridgehead atoms. The van der Waals surface area contributed by atoms with Crippen molar-refractivity contribution in [3.63, 3.8) is 0 Å². The molecule has 21 heavy (non-hydrogen) atoms. The number of nitrogens with two attached hydrogens (primary N) is 1. The van der Waals surface area contributed by atoms with E-state index in [2.05, 4.69) is 4.98 Å². The molecule has 3 aromatic rings. The van der Waals surface area contributed by atoms with Gasteiger partial charge in [0.2, 0.25) is 0 Å². The molecule has 3 rings (SSSR count). The van der Waals surface area contributed by atoms with Gasteiger partial charge in [-0.3, -0.25) is 4.98 Å². The van der Waals surface area contributed by atoms with Gasteiger partial charge in [0, 0.05) is 5.39 Å². The fourth-order valence-electron chi connectivity index (χ4n) is 2.31. The highest BCUT2D eigenvalue weighted by Gasteiger charge is 2.10. The number of para-hydroxylation sites is 1. The SMILES string of the molecule is NC(Cc1ccc(Cl)c(Cl)c1)c1ccc2ccccc2n1. The van der Waals surface area contributed by atoms with Crippen molar-refractivity contribution in [1.29, 1.82) is 0 Å². The van der Waals surface area contributed by atoms with Gasteiger partial charge in [0.1, 0.15) is 0 Å². The minimum atomic E-state index is -0.174. The maximum Gasteiger partial charge on any atom is 0.0706 e. The zero-order valence-electron chi connectivity index (χ0n) is 11.3. The zero-order valence-corrected chi connectivity index (χ0v) is 12.8. The lowest BCUT2D eigenvalue weighted by atomic mass is 10.0. The molecule has 0 fully saturated rings. The van der Waals surface area contributed by atoms with Crippen molar-refractivity contribution in [2.75, 3.05) is 0 Å². The molecule has 0 aliphatic rings. The number of pyridine rings is 1. The zero-order chi connectivity index (χ0) is 14.8. The quantitative estimate of drug-likeness (QED) is 0.755. The third-order valence-corrected chi connectivity index (χ3v) is 4.18. The van der Waals surface area contributed by atoms with Crippen LogP contribution in [0.2, 0.25) is 10.0 Å². The molecule has 0 aliphatic carbocycles. The van der Waals surface area contributed by atoms with Crippen LogP contribution in [0.15, 0.2) is 54.6 Å². The van der Waals surface area contributed by atoms with Crippen molar-refractivity contribution >= 4 is 34.1 Å². The van der Waals surface area contributed by atoms with Crippen LogP contribution in [0.3, 0.4) is 0 Å². The Morgan fingerprint density at radius 2 is 1.76 bits per heavy atom. The second-order valence-electron chi connectivity index (χ2n) is 4.99. The lowest BCUT2D eigenvalue weighted by Crippen LogP contribution is -2.15. The van der Waals surface area contributed by atoms with Crippen LogP contribution in [0.25, 0.3) is 10.9 Å². The molecule has 2 nitrogen and oxygen atoms in total. The van der Waals surface area contributed by atoms with Crippen LogP contribution in [-0.2, 0) is 6.42 Å². The summed E-state index contributed by atoms with van der Waals surface area (Å²) < 4.78 is 0. The van der Waals surface area contributed by atoms with E-state index in [-0.39, 0.29) is 6.04 Å². The summed E-state index contributed by atoms with van der Waals surface area (Å²) in [5.41, 5.74) is 9.15. The van der Waals surface area contributed by atoms with Gasteiger partial charge in [0.05, 0.1) is 27.3 Å². The van der Waals surface area contributed by atoms with Crippen LogP contribution in [0, 0.1) is 0 Å². The van der Waals surface area contributed by atoms with E-state index in [0.717, 1.165) is 22.2 Å². The molecule has 0 amide bonds. The lowest BCUT2D eigenvalue weighted by molar-refractivity contribution is 0.700. The minimum Gasteiger partial charge on any atom is -0.322 e. The van der Waals surface area contributed by atoms with Crippen molar-refractivity contribution in [3.8, 4) is 0 Å². The molecule has 1 heterocycles. The van der Waals surface area contributed by atoms with Crippen molar-refractivity contribution < 1.29 is 0 Å². The highest BCUT2D eigenvalue weighted by atomic mass is 35.5. The number of nitrogens with zero attached hydrogens (tertiary/aromatic N) is 1. The first-order chi connectivity index (χ1) is 10.1. The Kier molecular flexibility index (Phi) is 4.11. The molecule has 4 heteroatoms. The van der Waals surface area contributed by atoms with Gasteiger partial charge in [-0.25, -0.2) is 0 Å². The Balaban J connectivity index is 1.85. The van der Waals surface area contributed by atoms with Crippen LogP contribution < -0.4 is 5.73 Å². The molecule has 2 aromatic carbocycles. The Morgan fingerprint density at radius 1 is 0.952 bits per heavy atom. The van der Waals surface area contributed by atoms with Gasteiger partial charge in [-0.1, -0.05) is 53.5 Å². The van der Waals surface area contributed by atoms with Gasteiger partial charge in [0.15, 0.2) is 0 Å². The van der Waals surface area contributed by atoms with Crippen LogP contribution in [0.5, 0.6) is 0 Å². The summed E-state index contributed by atoms with van der Waals surface area (Å²) in [6, 6.07) is 17.4. The normalized spacial score (nSPS) is 12.5. The first-order valence-corrected chi connectivity index (χ1v) is 7.44. The summed E-state index contributed by atoms with van der Waals surface area (Å²) in [7, 11) is 0. The van der Waals surface area contributed by atoms with Gasteiger partial charge in [-0.05, 0) is 36.2 Å². The average molecular weight is 317 g/mol. The number of aromatic nitrogens is 1. The van der Waals surface area contributed by atoms with Crippen LogP contribution in [0.1, 0.15) is 17.3 Å². The van der Waals surface area contributed by atoms with E-state index in [1.54, 1.807) is 6.07 Å². The fourth-order valence-corrected chi connectivity index (χ4v) is 2.63. The van der Waals surface area contributed by atoms with E-state index >= 15 is 0 Å². The third-order valence-electron chi connectivity index (χ3n) is 3.44. The highest BCUT2D eigenvalue weighted by molar-refractivity contribution is 6.42. The second kappa shape index (κ2) is 6.02. The summed E-state index contributed by atoms with van der Waals surface area (Å²) in [5, 5.41) is 2.22. The summed E-state index contributed by atoms with van der Waals surface area (Å²) in [6.45, 7) is 0. The standard InChI is InChI=1S/C17H14Cl2N2/c18-13-7-5-11(9-14(13)19)10-15(20)17-8-6-12-3-1-2-4-16(12)21-17/h1-9,15H,10,20H2. The number of hydrogen-bond acceptors (Lipinski definition) is 2. The van der Waals surface area contributed by atoms with Crippen molar-refractivity contribution in [3.05, 3.63) is 75.9 Å². The molecule has 2 N–H and O–H groups in total. The van der Waals surface area contributed by atoms with Gasteiger partial charge in [-0.2, -0.15) is 0 Å². The predicted molar refractivity (Wildman–Crippen MR) is 88.8 cm³/mol. The Bertz CT molecular complexity index is 787. The van der Waals surface area contributed by atoms with Gasteiger partial charge < -0.3 is 5.73 Å². The van der Waals surface area contributed by atoms with E-state index in [0.29, 0.717) is 16.5 Å². The van der Waals surface area contributed by atoms with Gasteiger partial charge in [0.25, 0.3) is 0 Å². The Morgan fingerprint density at radius 3 is 2.57 bits per heavy atom. The molecule has 1 atom stereocenters. The van der Waals surface area contributed by atoms with Crippen LogP contribution in [0.4, 0.5) is 0 Å². The van der Waals surface area contributed by atoms with E-state index in [1.807, 2.05) is 48.5 Å². The predicted octanol–water partition coefficient (Wildman–Crippen LogP) is 4.78. The average Bonchev–Trinajstić information content (AvgIpc) is 2.50. The Hall–Kier alpha value is -1.61. The number of benzene rings is 2. The smallest absolute Gasteiger partial charge is 0.0706 e. The molecule has 0 saturated heterocycles. The van der Waals surface area contributed by atoms with Gasteiger partial charge >= 0.3 is 0 Å². The number of rotatable bonds is 3. The number of halogens is 2. The van der Waals surface area contributed by atoms with Crippen LogP contribution in [-0.4, -0.2) is 4.98 Å². The largest absolute Gasteiger partial charge is 0.322 e. The van der Waals surface area contributed by atoms with Crippen molar-refractivity contribution in [1.82, 2.24) is 4.98 Å².